The van der Waals surface area contributed by atoms with Crippen molar-refractivity contribution in [1.29, 1.82) is 0 Å². The van der Waals surface area contributed by atoms with Gasteiger partial charge in [0.05, 0.1) is 5.02 Å². The molecule has 0 aliphatic heterocycles. The summed E-state index contributed by atoms with van der Waals surface area (Å²) in [6, 6.07) is 7.34. The third kappa shape index (κ3) is 4.93. The number of fused-ring (bicyclic) bond motifs is 1. The van der Waals surface area contributed by atoms with Crippen LogP contribution in [0.1, 0.15) is 30.4 Å². The fourth-order valence-electron chi connectivity index (χ4n) is 2.09. The number of carbonyl (C=O) groups is 3. The Hall–Kier alpha value is -2.12. The van der Waals surface area contributed by atoms with Crippen molar-refractivity contribution in [2.75, 3.05) is 6.54 Å². The maximum absolute atomic E-state index is 12.2. The van der Waals surface area contributed by atoms with Crippen LogP contribution in [0.5, 0.6) is 0 Å². The number of benzene rings is 1. The zero-order valence-corrected chi connectivity index (χ0v) is 15.7. The number of ether oxygens (including phenoxy) is 1. The third-order valence-electron chi connectivity index (χ3n) is 3.24. The highest BCUT2D eigenvalue weighted by Crippen LogP contribution is 2.34. The SMILES string of the molecule is CC(C)NC(=O)C(C)OC(=O)CNC(=O)c1sc2ccccc2c1Cl. The van der Waals surface area contributed by atoms with Crippen LogP contribution < -0.4 is 10.6 Å². The van der Waals surface area contributed by atoms with Gasteiger partial charge in [-0.1, -0.05) is 29.8 Å². The molecular weight excluding hydrogens is 364 g/mol. The van der Waals surface area contributed by atoms with E-state index in [9.17, 15) is 14.4 Å². The van der Waals surface area contributed by atoms with Crippen LogP contribution in [-0.4, -0.2) is 36.5 Å². The number of carbonyl (C=O) groups excluding carboxylic acids is 3. The molecule has 6 nitrogen and oxygen atoms in total. The number of nitrogens with one attached hydrogen (secondary N) is 2. The Morgan fingerprint density at radius 1 is 1.20 bits per heavy atom. The third-order valence-corrected chi connectivity index (χ3v) is 4.92. The van der Waals surface area contributed by atoms with E-state index in [1.54, 1.807) is 13.8 Å². The average molecular weight is 383 g/mol. The molecule has 1 heterocycles. The molecule has 1 atom stereocenters. The van der Waals surface area contributed by atoms with Crippen LogP contribution >= 0.6 is 22.9 Å². The summed E-state index contributed by atoms with van der Waals surface area (Å²) >= 11 is 7.47. The van der Waals surface area contributed by atoms with Crippen LogP contribution in [0.4, 0.5) is 0 Å². The second-order valence-corrected chi connectivity index (χ2v) is 7.15. The van der Waals surface area contributed by atoms with E-state index in [1.165, 1.54) is 18.3 Å². The van der Waals surface area contributed by atoms with Gasteiger partial charge in [-0.05, 0) is 26.8 Å². The van der Waals surface area contributed by atoms with Crippen molar-refractivity contribution in [1.82, 2.24) is 10.6 Å². The Morgan fingerprint density at radius 2 is 1.88 bits per heavy atom. The molecule has 0 saturated carbocycles. The second-order valence-electron chi connectivity index (χ2n) is 5.72. The fraction of sp³-hybridized carbons (Fsp3) is 0.353. The zero-order chi connectivity index (χ0) is 18.6. The lowest BCUT2D eigenvalue weighted by Crippen LogP contribution is -2.41. The summed E-state index contributed by atoms with van der Waals surface area (Å²) in [6.45, 7) is 4.74. The van der Waals surface area contributed by atoms with Crippen LogP contribution in [0.2, 0.25) is 5.02 Å². The van der Waals surface area contributed by atoms with Gasteiger partial charge in [0.15, 0.2) is 6.10 Å². The number of halogens is 1. The van der Waals surface area contributed by atoms with Crippen LogP contribution in [0.3, 0.4) is 0 Å². The lowest BCUT2D eigenvalue weighted by Gasteiger charge is -2.15. The van der Waals surface area contributed by atoms with Crippen LogP contribution in [0.25, 0.3) is 10.1 Å². The molecular formula is C17H19ClN2O4S. The molecule has 1 aromatic carbocycles. The van der Waals surface area contributed by atoms with Crippen molar-refractivity contribution in [2.24, 2.45) is 0 Å². The predicted molar refractivity (Wildman–Crippen MR) is 98.0 cm³/mol. The molecule has 2 aromatic rings. The Bertz CT molecular complexity index is 803. The smallest absolute Gasteiger partial charge is 0.326 e. The molecule has 0 fully saturated rings. The van der Waals surface area contributed by atoms with E-state index in [-0.39, 0.29) is 18.5 Å². The first-order valence-corrected chi connectivity index (χ1v) is 8.94. The molecule has 0 saturated heterocycles. The first-order chi connectivity index (χ1) is 11.8. The maximum atomic E-state index is 12.2. The van der Waals surface area contributed by atoms with Gasteiger partial charge in [-0.15, -0.1) is 11.3 Å². The van der Waals surface area contributed by atoms with Crippen molar-refractivity contribution in [2.45, 2.75) is 32.9 Å². The van der Waals surface area contributed by atoms with E-state index < -0.39 is 18.0 Å². The lowest BCUT2D eigenvalue weighted by molar-refractivity contribution is -0.153. The quantitative estimate of drug-likeness (QED) is 0.752. The van der Waals surface area contributed by atoms with Crippen LogP contribution in [0.15, 0.2) is 24.3 Å². The topological polar surface area (TPSA) is 84.5 Å². The number of hydrogen-bond donors (Lipinski definition) is 2. The number of esters is 1. The highest BCUT2D eigenvalue weighted by molar-refractivity contribution is 7.21. The second kappa shape index (κ2) is 8.31. The monoisotopic (exact) mass is 382 g/mol. The summed E-state index contributed by atoms with van der Waals surface area (Å²) in [5, 5.41) is 6.26. The van der Waals surface area contributed by atoms with E-state index in [4.69, 9.17) is 16.3 Å². The van der Waals surface area contributed by atoms with Gasteiger partial charge in [0.25, 0.3) is 11.8 Å². The summed E-state index contributed by atoms with van der Waals surface area (Å²) in [7, 11) is 0. The summed E-state index contributed by atoms with van der Waals surface area (Å²) < 4.78 is 5.88. The summed E-state index contributed by atoms with van der Waals surface area (Å²) in [6.07, 6.45) is -0.931. The minimum atomic E-state index is -0.931. The standard InChI is InChI=1S/C17H19ClN2O4S/c1-9(2)20-16(22)10(3)24-13(21)8-19-17(23)15-14(18)11-6-4-5-7-12(11)25-15/h4-7,9-10H,8H2,1-3H3,(H,19,23)(H,20,22). The molecule has 0 spiro atoms. The van der Waals surface area contributed by atoms with E-state index >= 15 is 0 Å². The molecule has 2 N–H and O–H groups in total. The minimum absolute atomic E-state index is 0.0524. The molecule has 0 aliphatic carbocycles. The van der Waals surface area contributed by atoms with Crippen molar-refractivity contribution in [3.8, 4) is 0 Å². The van der Waals surface area contributed by atoms with Crippen LogP contribution in [-0.2, 0) is 14.3 Å². The van der Waals surface area contributed by atoms with Gasteiger partial charge in [0.1, 0.15) is 11.4 Å². The lowest BCUT2D eigenvalue weighted by atomic mass is 10.2. The van der Waals surface area contributed by atoms with Gasteiger partial charge >= 0.3 is 5.97 Å². The van der Waals surface area contributed by atoms with Gasteiger partial charge in [0, 0.05) is 16.1 Å². The molecule has 1 unspecified atom stereocenters. The van der Waals surface area contributed by atoms with Crippen molar-refractivity contribution in [3.05, 3.63) is 34.2 Å². The molecule has 2 amide bonds. The van der Waals surface area contributed by atoms with Gasteiger partial charge in [-0.2, -0.15) is 0 Å². The molecule has 0 aliphatic rings. The van der Waals surface area contributed by atoms with Gasteiger partial charge in [-0.25, -0.2) is 0 Å². The Balaban J connectivity index is 1.91. The molecule has 0 radical (unpaired) electrons. The summed E-state index contributed by atoms with van der Waals surface area (Å²) in [5.41, 5.74) is 0. The molecule has 134 valence electrons. The highest BCUT2D eigenvalue weighted by Gasteiger charge is 2.20. The van der Waals surface area contributed by atoms with E-state index in [2.05, 4.69) is 10.6 Å². The number of rotatable bonds is 6. The van der Waals surface area contributed by atoms with E-state index in [0.717, 1.165) is 10.1 Å². The summed E-state index contributed by atoms with van der Waals surface area (Å²) in [4.78, 5) is 36.1. The van der Waals surface area contributed by atoms with Gasteiger partial charge in [0.2, 0.25) is 0 Å². The van der Waals surface area contributed by atoms with Crippen molar-refractivity contribution in [3.63, 3.8) is 0 Å². The number of hydrogen-bond acceptors (Lipinski definition) is 5. The normalized spacial score (nSPS) is 12.0. The Morgan fingerprint density at radius 3 is 2.52 bits per heavy atom. The summed E-state index contributed by atoms with van der Waals surface area (Å²) in [5.74, 6) is -1.54. The highest BCUT2D eigenvalue weighted by atomic mass is 35.5. The first-order valence-electron chi connectivity index (χ1n) is 7.74. The predicted octanol–water partition coefficient (Wildman–Crippen LogP) is 2.74. The van der Waals surface area contributed by atoms with Crippen LogP contribution in [0, 0.1) is 0 Å². The fourth-order valence-corrected chi connectivity index (χ4v) is 3.52. The Kier molecular flexibility index (Phi) is 6.39. The molecule has 1 aromatic heterocycles. The average Bonchev–Trinajstić information content (AvgIpc) is 2.89. The van der Waals surface area contributed by atoms with E-state index in [0.29, 0.717) is 9.90 Å². The molecule has 25 heavy (non-hydrogen) atoms. The maximum Gasteiger partial charge on any atom is 0.326 e. The van der Waals surface area contributed by atoms with Crippen molar-refractivity contribution < 1.29 is 19.1 Å². The van der Waals surface area contributed by atoms with E-state index in [1.807, 2.05) is 24.3 Å². The first kappa shape index (κ1) is 19.2. The molecule has 0 bridgehead atoms. The largest absolute Gasteiger partial charge is 0.451 e. The van der Waals surface area contributed by atoms with Gasteiger partial charge in [-0.3, -0.25) is 14.4 Å². The minimum Gasteiger partial charge on any atom is -0.451 e. The molecule has 8 heteroatoms. The zero-order valence-electron chi connectivity index (χ0n) is 14.1. The number of thiophene rings is 1. The van der Waals surface area contributed by atoms with Crippen molar-refractivity contribution >= 4 is 50.8 Å². The molecule has 2 rings (SSSR count). The number of amides is 2. The Labute approximate surface area is 154 Å². The van der Waals surface area contributed by atoms with Gasteiger partial charge < -0.3 is 15.4 Å².